The van der Waals surface area contributed by atoms with Gasteiger partial charge in [-0.15, -0.1) is 0 Å². The second-order valence-electron chi connectivity index (χ2n) is 7.23. The van der Waals surface area contributed by atoms with Crippen LogP contribution in [-0.4, -0.2) is 27.8 Å². The van der Waals surface area contributed by atoms with Gasteiger partial charge in [-0.3, -0.25) is 4.79 Å². The van der Waals surface area contributed by atoms with E-state index in [1.807, 2.05) is 67.1 Å². The first-order chi connectivity index (χ1) is 13.9. The molecule has 0 unspecified atom stereocenters. The number of nitrogens with one attached hydrogen (secondary N) is 1. The summed E-state index contributed by atoms with van der Waals surface area (Å²) in [5, 5.41) is 4.19. The van der Waals surface area contributed by atoms with Crippen LogP contribution in [0.3, 0.4) is 0 Å². The molecule has 3 rings (SSSR count). The summed E-state index contributed by atoms with van der Waals surface area (Å²) in [6.45, 7) is 7.97. The monoisotopic (exact) mass is 390 g/mol. The number of hydrogen-bond acceptors (Lipinski definition) is 4. The lowest BCUT2D eigenvalue weighted by Gasteiger charge is -2.14. The molecule has 2 aromatic carbocycles. The lowest BCUT2D eigenvalue weighted by molar-refractivity contribution is -0.123. The summed E-state index contributed by atoms with van der Waals surface area (Å²) < 4.78 is 7.67. The summed E-state index contributed by atoms with van der Waals surface area (Å²) in [6.07, 6.45) is 5.36. The SMILES string of the molecule is C/C(=N\NC(=O)COc1cc(C)ccc1C(C)C)c1ccc(-n2ccnc2)cc1. The molecule has 150 valence electrons. The van der Waals surface area contributed by atoms with Gasteiger partial charge in [-0.25, -0.2) is 10.4 Å². The quantitative estimate of drug-likeness (QED) is 0.485. The summed E-state index contributed by atoms with van der Waals surface area (Å²) in [6, 6.07) is 13.9. The Morgan fingerprint density at radius 2 is 1.97 bits per heavy atom. The van der Waals surface area contributed by atoms with Crippen LogP contribution < -0.4 is 10.2 Å². The Kier molecular flexibility index (Phi) is 6.44. The van der Waals surface area contributed by atoms with E-state index in [-0.39, 0.29) is 12.5 Å². The fourth-order valence-corrected chi connectivity index (χ4v) is 2.92. The number of imidazole rings is 1. The number of ether oxygens (including phenoxy) is 1. The van der Waals surface area contributed by atoms with Crippen LogP contribution in [0.5, 0.6) is 5.75 Å². The van der Waals surface area contributed by atoms with Gasteiger partial charge in [0.15, 0.2) is 6.61 Å². The highest BCUT2D eigenvalue weighted by atomic mass is 16.5. The highest BCUT2D eigenvalue weighted by Crippen LogP contribution is 2.27. The minimum absolute atomic E-state index is 0.0838. The van der Waals surface area contributed by atoms with E-state index in [4.69, 9.17) is 4.74 Å². The number of benzene rings is 2. The van der Waals surface area contributed by atoms with Crippen molar-refractivity contribution in [2.24, 2.45) is 5.10 Å². The number of nitrogens with zero attached hydrogens (tertiary/aromatic N) is 3. The lowest BCUT2D eigenvalue weighted by Crippen LogP contribution is -2.26. The van der Waals surface area contributed by atoms with Gasteiger partial charge in [0.2, 0.25) is 0 Å². The summed E-state index contributed by atoms with van der Waals surface area (Å²) in [7, 11) is 0. The Morgan fingerprint density at radius 3 is 2.62 bits per heavy atom. The van der Waals surface area contributed by atoms with Crippen molar-refractivity contribution in [2.75, 3.05) is 6.61 Å². The van der Waals surface area contributed by atoms with Crippen LogP contribution in [0, 0.1) is 6.92 Å². The first-order valence-corrected chi connectivity index (χ1v) is 9.59. The molecule has 0 spiro atoms. The van der Waals surface area contributed by atoms with Crippen LogP contribution in [0.1, 0.15) is 43.4 Å². The number of aromatic nitrogens is 2. The number of aryl methyl sites for hydroxylation is 1. The van der Waals surface area contributed by atoms with Crippen LogP contribution >= 0.6 is 0 Å². The van der Waals surface area contributed by atoms with E-state index < -0.39 is 0 Å². The van der Waals surface area contributed by atoms with Crippen LogP contribution in [0.2, 0.25) is 0 Å². The zero-order valence-corrected chi connectivity index (χ0v) is 17.2. The molecule has 0 aliphatic rings. The molecule has 0 fully saturated rings. The van der Waals surface area contributed by atoms with E-state index in [0.29, 0.717) is 11.6 Å². The minimum atomic E-state index is -0.296. The van der Waals surface area contributed by atoms with E-state index >= 15 is 0 Å². The summed E-state index contributed by atoms with van der Waals surface area (Å²) in [5.74, 6) is 0.765. The molecule has 1 amide bonds. The Balaban J connectivity index is 1.58. The largest absolute Gasteiger partial charge is 0.483 e. The third-order valence-electron chi connectivity index (χ3n) is 4.59. The van der Waals surface area contributed by atoms with E-state index in [1.165, 1.54) is 0 Å². The number of rotatable bonds is 7. The number of carbonyl (C=O) groups is 1. The average Bonchev–Trinajstić information content (AvgIpc) is 3.25. The van der Waals surface area contributed by atoms with Crippen molar-refractivity contribution < 1.29 is 9.53 Å². The van der Waals surface area contributed by atoms with Crippen molar-refractivity contribution in [3.05, 3.63) is 77.9 Å². The van der Waals surface area contributed by atoms with Crippen LogP contribution in [0.15, 0.2) is 66.3 Å². The second-order valence-corrected chi connectivity index (χ2v) is 7.23. The van der Waals surface area contributed by atoms with Gasteiger partial charge < -0.3 is 9.30 Å². The molecule has 6 heteroatoms. The number of hydrazone groups is 1. The van der Waals surface area contributed by atoms with Crippen molar-refractivity contribution in [1.29, 1.82) is 0 Å². The first kappa shape index (κ1) is 20.3. The Hall–Kier alpha value is -3.41. The van der Waals surface area contributed by atoms with Crippen LogP contribution in [0.4, 0.5) is 0 Å². The molecule has 1 N–H and O–H groups in total. The number of carbonyl (C=O) groups excluding carboxylic acids is 1. The predicted octanol–water partition coefficient (Wildman–Crippen LogP) is 4.22. The molecular formula is C23H26N4O2. The Morgan fingerprint density at radius 1 is 1.21 bits per heavy atom. The fourth-order valence-electron chi connectivity index (χ4n) is 2.92. The summed E-state index contributed by atoms with van der Waals surface area (Å²) in [4.78, 5) is 16.2. The third kappa shape index (κ3) is 5.31. The van der Waals surface area contributed by atoms with Gasteiger partial charge in [0.05, 0.1) is 12.0 Å². The normalized spacial score (nSPS) is 11.6. The van der Waals surface area contributed by atoms with Crippen molar-refractivity contribution in [3.8, 4) is 11.4 Å². The van der Waals surface area contributed by atoms with Gasteiger partial charge in [0.25, 0.3) is 5.91 Å². The maximum absolute atomic E-state index is 12.2. The van der Waals surface area contributed by atoms with E-state index in [2.05, 4.69) is 29.4 Å². The van der Waals surface area contributed by atoms with Gasteiger partial charge in [0.1, 0.15) is 5.75 Å². The van der Waals surface area contributed by atoms with Crippen LogP contribution in [-0.2, 0) is 4.79 Å². The van der Waals surface area contributed by atoms with E-state index in [0.717, 1.165) is 28.1 Å². The average molecular weight is 390 g/mol. The van der Waals surface area contributed by atoms with Gasteiger partial charge in [-0.2, -0.15) is 5.10 Å². The zero-order chi connectivity index (χ0) is 20.8. The van der Waals surface area contributed by atoms with Gasteiger partial charge >= 0.3 is 0 Å². The Labute approximate surface area is 171 Å². The standard InChI is InChI=1S/C23H26N4O2/c1-16(2)21-10-5-17(3)13-22(21)29-14-23(28)26-25-18(4)19-6-8-20(9-7-19)27-12-11-24-15-27/h5-13,15-16H,14H2,1-4H3,(H,26,28)/b25-18+. The molecule has 0 radical (unpaired) electrons. The highest BCUT2D eigenvalue weighted by Gasteiger charge is 2.10. The molecule has 29 heavy (non-hydrogen) atoms. The topological polar surface area (TPSA) is 68.5 Å². The number of hydrogen-bond donors (Lipinski definition) is 1. The molecule has 1 aromatic heterocycles. The molecule has 0 bridgehead atoms. The maximum atomic E-state index is 12.2. The van der Waals surface area contributed by atoms with Gasteiger partial charge in [-0.05, 0) is 54.7 Å². The van der Waals surface area contributed by atoms with E-state index in [9.17, 15) is 4.79 Å². The zero-order valence-electron chi connectivity index (χ0n) is 17.2. The van der Waals surface area contributed by atoms with Gasteiger partial charge in [-0.1, -0.05) is 38.1 Å². The lowest BCUT2D eigenvalue weighted by atomic mass is 10.0. The van der Waals surface area contributed by atoms with Gasteiger partial charge in [0, 0.05) is 18.1 Å². The molecule has 0 saturated carbocycles. The van der Waals surface area contributed by atoms with Crippen molar-refractivity contribution in [3.63, 3.8) is 0 Å². The second kappa shape index (κ2) is 9.19. The highest BCUT2D eigenvalue weighted by molar-refractivity contribution is 5.99. The summed E-state index contributed by atoms with van der Waals surface area (Å²) in [5.41, 5.74) is 7.40. The molecule has 0 saturated heterocycles. The third-order valence-corrected chi connectivity index (χ3v) is 4.59. The first-order valence-electron chi connectivity index (χ1n) is 9.59. The van der Waals surface area contributed by atoms with E-state index in [1.54, 1.807) is 12.5 Å². The maximum Gasteiger partial charge on any atom is 0.277 e. The molecule has 3 aromatic rings. The number of amides is 1. The predicted molar refractivity (Wildman–Crippen MR) is 115 cm³/mol. The molecule has 0 aliphatic carbocycles. The van der Waals surface area contributed by atoms with Crippen molar-refractivity contribution in [1.82, 2.24) is 15.0 Å². The minimum Gasteiger partial charge on any atom is -0.483 e. The molecule has 1 heterocycles. The molecular weight excluding hydrogens is 364 g/mol. The molecule has 6 nitrogen and oxygen atoms in total. The smallest absolute Gasteiger partial charge is 0.277 e. The van der Waals surface area contributed by atoms with Crippen LogP contribution in [0.25, 0.3) is 5.69 Å². The fraction of sp³-hybridized carbons (Fsp3) is 0.261. The van der Waals surface area contributed by atoms with Crippen molar-refractivity contribution >= 4 is 11.6 Å². The van der Waals surface area contributed by atoms with Crippen molar-refractivity contribution in [2.45, 2.75) is 33.6 Å². The molecule has 0 atom stereocenters. The summed E-state index contributed by atoms with van der Waals surface area (Å²) >= 11 is 0. The molecule has 0 aliphatic heterocycles. The Bertz CT molecular complexity index is 990.